The standard InChI is InChI=1S/C22H31N3O2/c1-15(23)22(27)24-19(10-8-16-5-3-2-4-6-16)11-12-21(26)25-20-14-17-7-9-18(20)13-17/h2-6,11-12,15,17-20H,7-10,13-14,23H2,1H3,(H,24,27)(H,25,26)/b12-11+/t15-,17-,18+,19-,20?/m0/s1. The molecule has 5 nitrogen and oxygen atoms in total. The first-order valence-corrected chi connectivity index (χ1v) is 10.1. The van der Waals surface area contributed by atoms with Crippen LogP contribution in [0.3, 0.4) is 0 Å². The molecule has 2 aliphatic rings. The molecule has 2 bridgehead atoms. The van der Waals surface area contributed by atoms with Crippen LogP contribution in [0.4, 0.5) is 0 Å². The van der Waals surface area contributed by atoms with E-state index in [2.05, 4.69) is 22.8 Å². The second kappa shape index (κ2) is 9.18. The van der Waals surface area contributed by atoms with Crippen LogP contribution >= 0.6 is 0 Å². The highest BCUT2D eigenvalue weighted by atomic mass is 16.2. The van der Waals surface area contributed by atoms with Gasteiger partial charge >= 0.3 is 0 Å². The number of amides is 2. The number of benzene rings is 1. The summed E-state index contributed by atoms with van der Waals surface area (Å²) >= 11 is 0. The third-order valence-electron chi connectivity index (χ3n) is 5.87. The van der Waals surface area contributed by atoms with E-state index in [0.29, 0.717) is 12.0 Å². The summed E-state index contributed by atoms with van der Waals surface area (Å²) in [6.45, 7) is 1.66. The van der Waals surface area contributed by atoms with E-state index in [4.69, 9.17) is 5.73 Å². The number of carbonyl (C=O) groups is 2. The molecule has 2 saturated carbocycles. The third-order valence-corrected chi connectivity index (χ3v) is 5.87. The molecule has 0 aliphatic heterocycles. The fourth-order valence-electron chi connectivity index (χ4n) is 4.35. The first kappa shape index (κ1) is 19.6. The summed E-state index contributed by atoms with van der Waals surface area (Å²) in [7, 11) is 0. The zero-order chi connectivity index (χ0) is 19.2. The normalized spacial score (nSPS) is 26.1. The van der Waals surface area contributed by atoms with Crippen molar-refractivity contribution in [2.24, 2.45) is 17.6 Å². The van der Waals surface area contributed by atoms with Crippen molar-refractivity contribution in [3.63, 3.8) is 0 Å². The summed E-state index contributed by atoms with van der Waals surface area (Å²) in [6, 6.07) is 9.66. The van der Waals surface area contributed by atoms with Crippen molar-refractivity contribution in [1.82, 2.24) is 10.6 Å². The predicted molar refractivity (Wildman–Crippen MR) is 107 cm³/mol. The molecular formula is C22H31N3O2. The Morgan fingerprint density at radius 3 is 2.63 bits per heavy atom. The van der Waals surface area contributed by atoms with Crippen LogP contribution in [-0.2, 0) is 16.0 Å². The monoisotopic (exact) mass is 369 g/mol. The molecule has 146 valence electrons. The summed E-state index contributed by atoms with van der Waals surface area (Å²) in [5.41, 5.74) is 6.88. The molecule has 5 atom stereocenters. The van der Waals surface area contributed by atoms with E-state index in [1.165, 1.54) is 24.8 Å². The van der Waals surface area contributed by atoms with E-state index < -0.39 is 6.04 Å². The van der Waals surface area contributed by atoms with Crippen LogP contribution < -0.4 is 16.4 Å². The van der Waals surface area contributed by atoms with Gasteiger partial charge in [-0.25, -0.2) is 0 Å². The van der Waals surface area contributed by atoms with E-state index in [0.717, 1.165) is 25.2 Å². The highest BCUT2D eigenvalue weighted by molar-refractivity contribution is 5.88. The van der Waals surface area contributed by atoms with Crippen LogP contribution in [0.25, 0.3) is 0 Å². The van der Waals surface area contributed by atoms with Crippen molar-refractivity contribution in [2.75, 3.05) is 0 Å². The summed E-state index contributed by atoms with van der Waals surface area (Å²) < 4.78 is 0. The van der Waals surface area contributed by atoms with E-state index >= 15 is 0 Å². The molecule has 5 heteroatoms. The van der Waals surface area contributed by atoms with Crippen LogP contribution in [0.15, 0.2) is 42.5 Å². The maximum Gasteiger partial charge on any atom is 0.243 e. The quantitative estimate of drug-likeness (QED) is 0.615. The lowest BCUT2D eigenvalue weighted by Gasteiger charge is -2.22. The summed E-state index contributed by atoms with van der Waals surface area (Å²) in [4.78, 5) is 24.3. The molecule has 4 N–H and O–H groups in total. The van der Waals surface area contributed by atoms with Gasteiger partial charge in [0.25, 0.3) is 0 Å². The number of rotatable bonds is 8. The molecule has 0 saturated heterocycles. The second-order valence-electron chi connectivity index (χ2n) is 8.08. The van der Waals surface area contributed by atoms with Gasteiger partial charge in [0.15, 0.2) is 0 Å². The molecule has 27 heavy (non-hydrogen) atoms. The number of nitrogens with two attached hydrogens (primary N) is 1. The van der Waals surface area contributed by atoms with Crippen LogP contribution in [0.2, 0.25) is 0 Å². The van der Waals surface area contributed by atoms with Crippen molar-refractivity contribution in [3.8, 4) is 0 Å². The van der Waals surface area contributed by atoms with E-state index in [1.54, 1.807) is 19.1 Å². The van der Waals surface area contributed by atoms with E-state index in [1.807, 2.05) is 18.2 Å². The zero-order valence-corrected chi connectivity index (χ0v) is 16.1. The van der Waals surface area contributed by atoms with Gasteiger partial charge in [-0.15, -0.1) is 0 Å². The van der Waals surface area contributed by atoms with Gasteiger partial charge in [-0.05, 0) is 56.4 Å². The Morgan fingerprint density at radius 2 is 2.00 bits per heavy atom. The average molecular weight is 370 g/mol. The fourth-order valence-corrected chi connectivity index (χ4v) is 4.35. The Hall–Kier alpha value is -2.14. The number of hydrogen-bond donors (Lipinski definition) is 3. The minimum absolute atomic E-state index is 0.0627. The fraction of sp³-hybridized carbons (Fsp3) is 0.545. The Labute approximate surface area is 161 Å². The van der Waals surface area contributed by atoms with Crippen molar-refractivity contribution < 1.29 is 9.59 Å². The van der Waals surface area contributed by atoms with E-state index in [-0.39, 0.29) is 17.9 Å². The minimum atomic E-state index is -0.569. The van der Waals surface area contributed by atoms with Gasteiger partial charge in [0.2, 0.25) is 11.8 Å². The Morgan fingerprint density at radius 1 is 1.22 bits per heavy atom. The van der Waals surface area contributed by atoms with Crippen LogP contribution in [0.1, 0.15) is 44.6 Å². The van der Waals surface area contributed by atoms with E-state index in [9.17, 15) is 9.59 Å². The number of fused-ring (bicyclic) bond motifs is 2. The van der Waals surface area contributed by atoms with Gasteiger partial charge in [-0.1, -0.05) is 42.8 Å². The predicted octanol–water partition coefficient (Wildman–Crippen LogP) is 2.31. The molecule has 1 unspecified atom stereocenters. The number of hydrogen-bond acceptors (Lipinski definition) is 3. The van der Waals surface area contributed by atoms with Crippen molar-refractivity contribution in [2.45, 2.75) is 63.6 Å². The van der Waals surface area contributed by atoms with Crippen molar-refractivity contribution in [3.05, 3.63) is 48.0 Å². The zero-order valence-electron chi connectivity index (χ0n) is 16.1. The number of aryl methyl sites for hydroxylation is 1. The Balaban J connectivity index is 1.54. The van der Waals surface area contributed by atoms with Crippen molar-refractivity contribution in [1.29, 1.82) is 0 Å². The molecule has 0 aromatic heterocycles. The molecule has 0 heterocycles. The highest BCUT2D eigenvalue weighted by Crippen LogP contribution is 2.44. The largest absolute Gasteiger partial charge is 0.350 e. The molecular weight excluding hydrogens is 338 g/mol. The molecule has 3 rings (SSSR count). The van der Waals surface area contributed by atoms with Gasteiger partial charge in [-0.3, -0.25) is 9.59 Å². The lowest BCUT2D eigenvalue weighted by molar-refractivity contribution is -0.122. The van der Waals surface area contributed by atoms with Gasteiger partial charge < -0.3 is 16.4 Å². The number of nitrogens with one attached hydrogen (secondary N) is 2. The molecule has 2 amide bonds. The Bertz CT molecular complexity index is 671. The molecule has 1 aromatic carbocycles. The van der Waals surface area contributed by atoms with Crippen molar-refractivity contribution >= 4 is 11.8 Å². The highest BCUT2D eigenvalue weighted by Gasteiger charge is 2.39. The SMILES string of the molecule is C[C@H](N)C(=O)N[C@H](/C=C/C(=O)NC1C[C@H]2CC[C@@H]1C2)CCc1ccccc1. The second-order valence-corrected chi connectivity index (χ2v) is 8.08. The summed E-state index contributed by atoms with van der Waals surface area (Å²) in [5.74, 6) is 1.19. The van der Waals surface area contributed by atoms with Crippen LogP contribution in [-0.4, -0.2) is 29.9 Å². The topological polar surface area (TPSA) is 84.2 Å². The smallest absolute Gasteiger partial charge is 0.243 e. The summed E-state index contributed by atoms with van der Waals surface area (Å²) in [5, 5.41) is 6.08. The van der Waals surface area contributed by atoms with Gasteiger partial charge in [0.1, 0.15) is 0 Å². The molecule has 2 fully saturated rings. The lowest BCUT2D eigenvalue weighted by atomic mass is 9.95. The summed E-state index contributed by atoms with van der Waals surface area (Å²) in [6.07, 6.45) is 9.85. The Kier molecular flexibility index (Phi) is 6.67. The molecule has 2 aliphatic carbocycles. The lowest BCUT2D eigenvalue weighted by Crippen LogP contribution is -2.43. The molecule has 0 radical (unpaired) electrons. The molecule has 0 spiro atoms. The third kappa shape index (κ3) is 5.67. The van der Waals surface area contributed by atoms with Gasteiger partial charge in [-0.2, -0.15) is 0 Å². The van der Waals surface area contributed by atoms with Gasteiger partial charge in [0.05, 0.1) is 6.04 Å². The number of carbonyl (C=O) groups excluding carboxylic acids is 2. The average Bonchev–Trinajstić information content (AvgIpc) is 3.27. The maximum absolute atomic E-state index is 12.3. The van der Waals surface area contributed by atoms with Crippen LogP contribution in [0, 0.1) is 11.8 Å². The first-order valence-electron chi connectivity index (χ1n) is 10.1. The van der Waals surface area contributed by atoms with Gasteiger partial charge in [0, 0.05) is 18.2 Å². The first-order chi connectivity index (χ1) is 13.0. The van der Waals surface area contributed by atoms with Crippen LogP contribution in [0.5, 0.6) is 0 Å². The molecule has 1 aromatic rings. The maximum atomic E-state index is 12.3. The minimum Gasteiger partial charge on any atom is -0.350 e.